The van der Waals surface area contributed by atoms with Gasteiger partial charge in [0.05, 0.1) is 11.6 Å². The van der Waals surface area contributed by atoms with Crippen LogP contribution in [-0.2, 0) is 0 Å². The van der Waals surface area contributed by atoms with Crippen molar-refractivity contribution in [3.8, 4) is 6.07 Å². The molecule has 3 rings (SSSR count). The molecule has 1 aliphatic rings. The Morgan fingerprint density at radius 2 is 2.10 bits per heavy atom. The van der Waals surface area contributed by atoms with Gasteiger partial charge in [0.2, 0.25) is 0 Å². The first-order valence-electron chi connectivity index (χ1n) is 7.13. The minimum Gasteiger partial charge on any atom is -0.356 e. The highest BCUT2D eigenvalue weighted by molar-refractivity contribution is 9.10. The standard InChI is InChI=1S/C16H17BrN4/c1-12-15(17)5-9-21(12)14-3-7-20(8-4-14)16-10-13(11-18)2-6-19-16/h2,5-6,9-10,14H,3-4,7-8H2,1H3. The van der Waals surface area contributed by atoms with Crippen LogP contribution in [0.1, 0.15) is 30.1 Å². The van der Waals surface area contributed by atoms with Gasteiger partial charge in [0.15, 0.2) is 0 Å². The van der Waals surface area contributed by atoms with Crippen molar-refractivity contribution in [2.24, 2.45) is 0 Å². The smallest absolute Gasteiger partial charge is 0.129 e. The fraction of sp³-hybridized carbons (Fsp3) is 0.375. The second kappa shape index (κ2) is 5.90. The summed E-state index contributed by atoms with van der Waals surface area (Å²) < 4.78 is 3.54. The molecule has 1 aliphatic heterocycles. The van der Waals surface area contributed by atoms with Crippen LogP contribution in [0.4, 0.5) is 5.82 Å². The summed E-state index contributed by atoms with van der Waals surface area (Å²) in [6.45, 7) is 4.10. The lowest BCUT2D eigenvalue weighted by atomic mass is 10.0. The van der Waals surface area contributed by atoms with Crippen molar-refractivity contribution in [1.29, 1.82) is 5.26 Å². The van der Waals surface area contributed by atoms with Crippen LogP contribution >= 0.6 is 15.9 Å². The third-order valence-electron chi connectivity index (χ3n) is 4.17. The van der Waals surface area contributed by atoms with E-state index in [1.54, 1.807) is 12.3 Å². The molecular formula is C16H17BrN4. The molecule has 0 radical (unpaired) electrons. The van der Waals surface area contributed by atoms with Gasteiger partial charge in [-0.3, -0.25) is 0 Å². The highest BCUT2D eigenvalue weighted by Crippen LogP contribution is 2.29. The molecule has 0 aliphatic carbocycles. The monoisotopic (exact) mass is 344 g/mol. The highest BCUT2D eigenvalue weighted by Gasteiger charge is 2.22. The Bertz CT molecular complexity index is 678. The third-order valence-corrected chi connectivity index (χ3v) is 5.01. The van der Waals surface area contributed by atoms with Gasteiger partial charge in [-0.1, -0.05) is 0 Å². The van der Waals surface area contributed by atoms with Gasteiger partial charge in [-0.25, -0.2) is 4.98 Å². The summed E-state index contributed by atoms with van der Waals surface area (Å²) in [4.78, 5) is 6.66. The Kier molecular flexibility index (Phi) is 3.98. The average molecular weight is 345 g/mol. The van der Waals surface area contributed by atoms with E-state index in [2.05, 4.69) is 55.6 Å². The molecule has 0 unspecified atom stereocenters. The predicted molar refractivity (Wildman–Crippen MR) is 86.3 cm³/mol. The maximum absolute atomic E-state index is 8.98. The van der Waals surface area contributed by atoms with Gasteiger partial charge in [-0.05, 0) is 53.9 Å². The van der Waals surface area contributed by atoms with Crippen LogP contribution in [0, 0.1) is 18.3 Å². The van der Waals surface area contributed by atoms with Gasteiger partial charge >= 0.3 is 0 Å². The Morgan fingerprint density at radius 1 is 1.33 bits per heavy atom. The number of nitrogens with zero attached hydrogens (tertiary/aromatic N) is 4. The van der Waals surface area contributed by atoms with E-state index in [4.69, 9.17) is 5.26 Å². The summed E-state index contributed by atoms with van der Waals surface area (Å²) in [5.74, 6) is 0.915. The minimum absolute atomic E-state index is 0.548. The average Bonchev–Trinajstić information content (AvgIpc) is 2.87. The van der Waals surface area contributed by atoms with E-state index in [1.807, 2.05) is 6.07 Å². The summed E-state index contributed by atoms with van der Waals surface area (Å²) in [5, 5.41) is 8.98. The van der Waals surface area contributed by atoms with E-state index in [9.17, 15) is 0 Å². The molecule has 1 fully saturated rings. The quantitative estimate of drug-likeness (QED) is 0.834. The van der Waals surface area contributed by atoms with Crippen molar-refractivity contribution in [2.75, 3.05) is 18.0 Å². The van der Waals surface area contributed by atoms with Crippen LogP contribution in [-0.4, -0.2) is 22.6 Å². The van der Waals surface area contributed by atoms with Crippen LogP contribution in [0.5, 0.6) is 0 Å². The zero-order valence-electron chi connectivity index (χ0n) is 12.0. The summed E-state index contributed by atoms with van der Waals surface area (Å²) in [6.07, 6.45) is 6.07. The van der Waals surface area contributed by atoms with Crippen molar-refractivity contribution in [2.45, 2.75) is 25.8 Å². The van der Waals surface area contributed by atoms with Gasteiger partial charge < -0.3 is 9.47 Å². The first-order chi connectivity index (χ1) is 10.2. The van der Waals surface area contributed by atoms with Gasteiger partial charge in [-0.2, -0.15) is 5.26 Å². The van der Waals surface area contributed by atoms with Crippen molar-refractivity contribution in [3.63, 3.8) is 0 Å². The van der Waals surface area contributed by atoms with E-state index in [0.29, 0.717) is 11.6 Å². The van der Waals surface area contributed by atoms with Crippen LogP contribution < -0.4 is 4.90 Å². The second-order valence-corrected chi connectivity index (χ2v) is 6.24. The number of pyridine rings is 1. The first kappa shape index (κ1) is 14.2. The van der Waals surface area contributed by atoms with E-state index in [-0.39, 0.29) is 0 Å². The van der Waals surface area contributed by atoms with Crippen molar-refractivity contribution in [3.05, 3.63) is 46.3 Å². The molecule has 2 aromatic heterocycles. The lowest BCUT2D eigenvalue weighted by Crippen LogP contribution is -2.35. The molecule has 2 aromatic rings. The first-order valence-corrected chi connectivity index (χ1v) is 7.92. The van der Waals surface area contributed by atoms with Crippen molar-refractivity contribution < 1.29 is 0 Å². The molecule has 0 saturated carbocycles. The molecule has 0 bridgehead atoms. The summed E-state index contributed by atoms with van der Waals surface area (Å²) in [6, 6.07) is 8.45. The Hall–Kier alpha value is -1.80. The zero-order chi connectivity index (χ0) is 14.8. The van der Waals surface area contributed by atoms with E-state index in [1.165, 1.54) is 10.2 Å². The fourth-order valence-corrected chi connectivity index (χ4v) is 3.25. The van der Waals surface area contributed by atoms with Crippen molar-refractivity contribution in [1.82, 2.24) is 9.55 Å². The SMILES string of the molecule is Cc1c(Br)ccn1C1CCN(c2cc(C#N)ccn2)CC1. The Morgan fingerprint density at radius 3 is 2.71 bits per heavy atom. The normalized spacial score (nSPS) is 16.0. The molecule has 108 valence electrons. The molecule has 0 atom stereocenters. The number of nitriles is 1. The van der Waals surface area contributed by atoms with Gasteiger partial charge in [0.1, 0.15) is 5.82 Å². The third kappa shape index (κ3) is 2.81. The van der Waals surface area contributed by atoms with Crippen LogP contribution in [0.3, 0.4) is 0 Å². The van der Waals surface area contributed by atoms with Crippen molar-refractivity contribution >= 4 is 21.7 Å². The highest BCUT2D eigenvalue weighted by atomic mass is 79.9. The summed E-state index contributed by atoms with van der Waals surface area (Å²) in [5.41, 5.74) is 1.96. The van der Waals surface area contributed by atoms with Crippen LogP contribution in [0.2, 0.25) is 0 Å². The largest absolute Gasteiger partial charge is 0.356 e. The number of hydrogen-bond donors (Lipinski definition) is 0. The molecule has 0 amide bonds. The molecule has 0 spiro atoms. The molecule has 0 N–H and O–H groups in total. The maximum Gasteiger partial charge on any atom is 0.129 e. The van der Waals surface area contributed by atoms with Gasteiger partial charge in [0.25, 0.3) is 0 Å². The summed E-state index contributed by atoms with van der Waals surface area (Å²) >= 11 is 3.58. The topological polar surface area (TPSA) is 44.9 Å². The van der Waals surface area contributed by atoms with Crippen LogP contribution in [0.15, 0.2) is 35.1 Å². The number of rotatable bonds is 2. The number of piperidine rings is 1. The molecule has 4 nitrogen and oxygen atoms in total. The fourth-order valence-electron chi connectivity index (χ4n) is 2.93. The molecule has 21 heavy (non-hydrogen) atoms. The van der Waals surface area contributed by atoms with Gasteiger partial charge in [-0.15, -0.1) is 0 Å². The van der Waals surface area contributed by atoms with Crippen LogP contribution in [0.25, 0.3) is 0 Å². The minimum atomic E-state index is 0.548. The molecular weight excluding hydrogens is 328 g/mol. The number of aromatic nitrogens is 2. The van der Waals surface area contributed by atoms with E-state index < -0.39 is 0 Å². The lowest BCUT2D eigenvalue weighted by Gasteiger charge is -2.34. The Labute approximate surface area is 133 Å². The van der Waals surface area contributed by atoms with E-state index >= 15 is 0 Å². The van der Waals surface area contributed by atoms with Gasteiger partial charge in [0, 0.05) is 41.7 Å². The maximum atomic E-state index is 8.98. The molecule has 1 saturated heterocycles. The van der Waals surface area contributed by atoms with E-state index in [0.717, 1.165) is 31.7 Å². The predicted octanol–water partition coefficient (Wildman–Crippen LogP) is 3.67. The molecule has 0 aromatic carbocycles. The zero-order valence-corrected chi connectivity index (χ0v) is 13.5. The number of halogens is 1. The molecule has 5 heteroatoms. The number of anilines is 1. The number of hydrogen-bond acceptors (Lipinski definition) is 3. The molecule has 3 heterocycles. The Balaban J connectivity index is 1.70. The second-order valence-electron chi connectivity index (χ2n) is 5.39. The lowest BCUT2D eigenvalue weighted by molar-refractivity contribution is 0.390. The summed E-state index contributed by atoms with van der Waals surface area (Å²) in [7, 11) is 0.